The second kappa shape index (κ2) is 10.7. The van der Waals surface area contributed by atoms with Crippen molar-refractivity contribution < 1.29 is 26.7 Å². The first-order valence-corrected chi connectivity index (χ1v) is 11.2. The first-order chi connectivity index (χ1) is 16.7. The molecular weight excluding hydrogens is 471 g/mol. The Morgan fingerprint density at radius 1 is 1.14 bits per heavy atom. The fraction of sp³-hybridized carbons (Fsp3) is 0.478. The monoisotopic (exact) mass is 496 g/mol. The Morgan fingerprint density at radius 3 is 2.63 bits per heavy atom. The molecule has 1 aliphatic heterocycles. The predicted molar refractivity (Wildman–Crippen MR) is 115 cm³/mol. The molecule has 1 aromatic carbocycles. The summed E-state index contributed by atoms with van der Waals surface area (Å²) in [4.78, 5) is 3.94. The fourth-order valence-electron chi connectivity index (χ4n) is 4.13. The number of tetrazole rings is 1. The highest BCUT2D eigenvalue weighted by Gasteiger charge is 2.34. The maximum Gasteiger partial charge on any atom is 0.416 e. The van der Waals surface area contributed by atoms with Gasteiger partial charge < -0.3 is 4.74 Å². The Morgan fingerprint density at radius 2 is 1.91 bits per heavy atom. The minimum Gasteiger partial charge on any atom is -0.381 e. The normalized spacial score (nSPS) is 16.1. The number of alkyl halides is 5. The molecular formula is C23H25F5N6O. The molecule has 7 nitrogen and oxygen atoms in total. The first kappa shape index (κ1) is 25.1. The summed E-state index contributed by atoms with van der Waals surface area (Å²) >= 11 is 0. The third-order valence-electron chi connectivity index (χ3n) is 6.03. The van der Waals surface area contributed by atoms with Crippen molar-refractivity contribution in [1.29, 1.82) is 0 Å². The number of hydrogen-bond acceptors (Lipinski definition) is 6. The lowest BCUT2D eigenvalue weighted by molar-refractivity contribution is -0.138. The molecule has 0 saturated carbocycles. The van der Waals surface area contributed by atoms with Crippen LogP contribution < -0.4 is 5.32 Å². The van der Waals surface area contributed by atoms with E-state index in [1.807, 2.05) is 0 Å². The van der Waals surface area contributed by atoms with Gasteiger partial charge in [-0.3, -0.25) is 10.3 Å². The average molecular weight is 496 g/mol. The SMILES string of the molecule is Cc1ccc(C(NCc2cccc(C(F)F)n2)c2nnnn2CC2CCOCC2)cc1C(F)(F)F. The van der Waals surface area contributed by atoms with Gasteiger partial charge in [0.05, 0.1) is 17.3 Å². The maximum atomic E-state index is 13.6. The lowest BCUT2D eigenvalue weighted by Crippen LogP contribution is -2.29. The molecule has 3 aromatic rings. The van der Waals surface area contributed by atoms with E-state index < -0.39 is 24.2 Å². The minimum atomic E-state index is -4.54. The Kier molecular flexibility index (Phi) is 7.70. The van der Waals surface area contributed by atoms with E-state index in [4.69, 9.17) is 4.74 Å². The summed E-state index contributed by atoms with van der Waals surface area (Å²) in [6.07, 6.45) is -5.62. The van der Waals surface area contributed by atoms with Crippen LogP contribution in [-0.4, -0.2) is 38.4 Å². The summed E-state index contributed by atoms with van der Waals surface area (Å²) in [5.41, 5.74) is -0.425. The zero-order chi connectivity index (χ0) is 25.0. The van der Waals surface area contributed by atoms with Crippen molar-refractivity contribution in [2.75, 3.05) is 13.2 Å². The molecule has 2 aromatic heterocycles. The van der Waals surface area contributed by atoms with Crippen molar-refractivity contribution in [1.82, 2.24) is 30.5 Å². The molecule has 1 atom stereocenters. The van der Waals surface area contributed by atoms with Crippen LogP contribution in [0.1, 0.15) is 59.2 Å². The van der Waals surface area contributed by atoms with Gasteiger partial charge in [-0.1, -0.05) is 18.2 Å². The summed E-state index contributed by atoms with van der Waals surface area (Å²) < 4.78 is 74.0. The summed E-state index contributed by atoms with van der Waals surface area (Å²) in [5.74, 6) is 0.596. The van der Waals surface area contributed by atoms with Gasteiger partial charge >= 0.3 is 6.18 Å². The molecule has 12 heteroatoms. The summed E-state index contributed by atoms with van der Waals surface area (Å²) in [5, 5.41) is 15.1. The largest absolute Gasteiger partial charge is 0.416 e. The molecule has 1 fully saturated rings. The Hall–Kier alpha value is -2.99. The molecule has 0 amide bonds. The van der Waals surface area contributed by atoms with E-state index >= 15 is 0 Å². The molecule has 1 saturated heterocycles. The number of aryl methyl sites for hydroxylation is 1. The molecule has 1 aliphatic rings. The van der Waals surface area contributed by atoms with Gasteiger partial charge in [-0.15, -0.1) is 5.10 Å². The van der Waals surface area contributed by atoms with Crippen LogP contribution in [0.2, 0.25) is 0 Å². The highest BCUT2D eigenvalue weighted by atomic mass is 19.4. The van der Waals surface area contributed by atoms with Crippen LogP contribution in [0.5, 0.6) is 0 Å². The van der Waals surface area contributed by atoms with E-state index in [1.54, 1.807) is 16.8 Å². The third-order valence-corrected chi connectivity index (χ3v) is 6.03. The second-order valence-corrected chi connectivity index (χ2v) is 8.52. The number of ether oxygens (including phenoxy) is 1. The van der Waals surface area contributed by atoms with E-state index in [-0.39, 0.29) is 23.7 Å². The molecule has 3 heterocycles. The maximum absolute atomic E-state index is 13.6. The van der Waals surface area contributed by atoms with Crippen molar-refractivity contribution in [2.45, 2.75) is 51.5 Å². The van der Waals surface area contributed by atoms with Crippen molar-refractivity contribution in [3.05, 3.63) is 70.3 Å². The van der Waals surface area contributed by atoms with Crippen molar-refractivity contribution >= 4 is 0 Å². The molecule has 1 unspecified atom stereocenters. The van der Waals surface area contributed by atoms with Crippen LogP contribution in [0.25, 0.3) is 0 Å². The summed E-state index contributed by atoms with van der Waals surface area (Å²) in [6, 6.07) is 7.47. The Labute approximate surface area is 198 Å². The van der Waals surface area contributed by atoms with Crippen LogP contribution >= 0.6 is 0 Å². The van der Waals surface area contributed by atoms with E-state index in [0.717, 1.165) is 18.9 Å². The first-order valence-electron chi connectivity index (χ1n) is 11.2. The number of rotatable bonds is 8. The van der Waals surface area contributed by atoms with Crippen LogP contribution in [0.4, 0.5) is 22.0 Å². The topological polar surface area (TPSA) is 77.8 Å². The quantitative estimate of drug-likeness (QED) is 0.458. The molecule has 188 valence electrons. The minimum absolute atomic E-state index is 0.0184. The second-order valence-electron chi connectivity index (χ2n) is 8.52. The van der Waals surface area contributed by atoms with E-state index in [2.05, 4.69) is 25.8 Å². The van der Waals surface area contributed by atoms with Crippen molar-refractivity contribution in [3.8, 4) is 0 Å². The Balaban J connectivity index is 1.67. The number of nitrogens with one attached hydrogen (secondary N) is 1. The van der Waals surface area contributed by atoms with Gasteiger partial charge in [0.1, 0.15) is 5.69 Å². The van der Waals surface area contributed by atoms with Crippen molar-refractivity contribution in [3.63, 3.8) is 0 Å². The molecule has 0 radical (unpaired) electrons. The molecule has 4 rings (SSSR count). The highest BCUT2D eigenvalue weighted by Crippen LogP contribution is 2.34. The van der Waals surface area contributed by atoms with Gasteiger partial charge in [0.25, 0.3) is 6.43 Å². The molecule has 35 heavy (non-hydrogen) atoms. The molecule has 0 bridgehead atoms. The number of aromatic nitrogens is 5. The number of nitrogens with zero attached hydrogens (tertiary/aromatic N) is 5. The van der Waals surface area contributed by atoms with Crippen molar-refractivity contribution in [2.24, 2.45) is 5.92 Å². The van der Waals surface area contributed by atoms with Gasteiger partial charge in [-0.2, -0.15) is 13.2 Å². The van der Waals surface area contributed by atoms with Crippen LogP contribution in [0, 0.1) is 12.8 Å². The van der Waals surface area contributed by atoms with Crippen LogP contribution in [-0.2, 0) is 24.0 Å². The predicted octanol–water partition coefficient (Wildman–Crippen LogP) is 4.64. The van der Waals surface area contributed by atoms with Gasteiger partial charge in [0.15, 0.2) is 5.82 Å². The average Bonchev–Trinajstić information content (AvgIpc) is 3.28. The van der Waals surface area contributed by atoms with Gasteiger partial charge in [-0.05, 0) is 65.4 Å². The number of halogens is 5. The van der Waals surface area contributed by atoms with Gasteiger partial charge in [0.2, 0.25) is 0 Å². The van der Waals surface area contributed by atoms with Crippen LogP contribution in [0.3, 0.4) is 0 Å². The summed E-state index contributed by atoms with van der Waals surface area (Å²) in [7, 11) is 0. The standard InChI is InChI=1S/C23H25F5N6O/c1-14-5-6-16(11-18(14)23(26,27)28)20(29-12-17-3-2-4-19(30-17)21(24)25)22-31-32-33-34(22)13-15-7-9-35-10-8-15/h2-6,11,15,20-21,29H,7-10,12-13H2,1H3. The number of benzene rings is 1. The lowest BCUT2D eigenvalue weighted by Gasteiger charge is -2.24. The fourth-order valence-corrected chi connectivity index (χ4v) is 4.13. The number of pyridine rings is 1. The molecule has 0 spiro atoms. The van der Waals surface area contributed by atoms with Gasteiger partial charge in [0, 0.05) is 26.3 Å². The summed E-state index contributed by atoms with van der Waals surface area (Å²) in [6.45, 7) is 3.15. The zero-order valence-corrected chi connectivity index (χ0v) is 19.0. The van der Waals surface area contributed by atoms with E-state index in [9.17, 15) is 22.0 Å². The zero-order valence-electron chi connectivity index (χ0n) is 19.0. The molecule has 0 aliphatic carbocycles. The Bertz CT molecular complexity index is 1130. The van der Waals surface area contributed by atoms with E-state index in [1.165, 1.54) is 25.1 Å². The smallest absolute Gasteiger partial charge is 0.381 e. The lowest BCUT2D eigenvalue weighted by atomic mass is 9.98. The third kappa shape index (κ3) is 6.17. The highest BCUT2D eigenvalue weighted by molar-refractivity contribution is 5.36. The van der Waals surface area contributed by atoms with Crippen LogP contribution in [0.15, 0.2) is 36.4 Å². The number of hydrogen-bond donors (Lipinski definition) is 1. The van der Waals surface area contributed by atoms with Gasteiger partial charge in [-0.25, -0.2) is 13.5 Å². The molecule has 1 N–H and O–H groups in total. The van der Waals surface area contributed by atoms with E-state index in [0.29, 0.717) is 36.8 Å².